The lowest BCUT2D eigenvalue weighted by atomic mass is 9.90. The fraction of sp³-hybridized carbons (Fsp3) is 0.318. The van der Waals surface area contributed by atoms with Crippen LogP contribution in [0.2, 0.25) is 0 Å². The molecular formula is C44H52N6O6. The molecule has 6 atom stereocenters. The van der Waals surface area contributed by atoms with Gasteiger partial charge in [0, 0.05) is 36.9 Å². The standard InChI is InChI=1S/C44H52N6O6/c1-29(2)39(49-37(51)21-19-33-17-11-23-45-27-33)43(55)47-35(25-31-13-7-5-8-14-31)41(53)42(54)36(26-32-15-9-6-10-16-32)48-44(56)40(30(3)4)50-38(52)22-20-34-18-12-24-46-28-34/h5-24,27-30,35-36,39-42,53-54H,25-26H2,1-4H3,(H,47,55)(H,48,56)(H,49,51)(H,50,52)/t35-,36-,39-,40-,41+,42+/m0/s1. The fourth-order valence-electron chi connectivity index (χ4n) is 6.04. The summed E-state index contributed by atoms with van der Waals surface area (Å²) in [5.41, 5.74) is 2.98. The van der Waals surface area contributed by atoms with E-state index in [1.54, 1.807) is 88.9 Å². The van der Waals surface area contributed by atoms with E-state index in [0.29, 0.717) is 11.1 Å². The normalized spacial score (nSPS) is 14.8. The Balaban J connectivity index is 1.56. The van der Waals surface area contributed by atoms with Crippen LogP contribution in [0.25, 0.3) is 12.2 Å². The van der Waals surface area contributed by atoms with Crippen LogP contribution in [0.4, 0.5) is 0 Å². The predicted octanol–water partition coefficient (Wildman–Crippen LogP) is 3.66. The molecule has 2 heterocycles. The first-order chi connectivity index (χ1) is 26.9. The Labute approximate surface area is 328 Å². The van der Waals surface area contributed by atoms with Gasteiger partial charge in [0.25, 0.3) is 0 Å². The number of aliphatic hydroxyl groups is 2. The number of hydrogen-bond donors (Lipinski definition) is 6. The molecule has 12 nitrogen and oxygen atoms in total. The van der Waals surface area contributed by atoms with Crippen LogP contribution in [-0.2, 0) is 32.0 Å². The van der Waals surface area contributed by atoms with Gasteiger partial charge in [0.1, 0.15) is 24.3 Å². The van der Waals surface area contributed by atoms with Crippen LogP contribution in [0.1, 0.15) is 49.9 Å². The zero-order chi connectivity index (χ0) is 40.5. The summed E-state index contributed by atoms with van der Waals surface area (Å²) in [6.45, 7) is 7.15. The second-order valence-corrected chi connectivity index (χ2v) is 14.3. The third kappa shape index (κ3) is 13.7. The van der Waals surface area contributed by atoms with Gasteiger partial charge in [0.15, 0.2) is 0 Å². The van der Waals surface area contributed by atoms with E-state index in [9.17, 15) is 29.4 Å². The maximum absolute atomic E-state index is 13.9. The van der Waals surface area contributed by atoms with E-state index >= 15 is 0 Å². The Hall–Kier alpha value is -5.98. The van der Waals surface area contributed by atoms with E-state index < -0.39 is 60.0 Å². The van der Waals surface area contributed by atoms with Gasteiger partial charge < -0.3 is 31.5 Å². The molecule has 0 aliphatic carbocycles. The van der Waals surface area contributed by atoms with E-state index in [1.807, 2.05) is 60.7 Å². The van der Waals surface area contributed by atoms with E-state index in [-0.39, 0.29) is 24.7 Å². The highest BCUT2D eigenvalue weighted by Crippen LogP contribution is 2.17. The summed E-state index contributed by atoms with van der Waals surface area (Å²) in [6, 6.07) is 21.4. The minimum absolute atomic E-state index is 0.129. The topological polar surface area (TPSA) is 183 Å². The third-order valence-corrected chi connectivity index (χ3v) is 9.14. The van der Waals surface area contributed by atoms with E-state index in [1.165, 1.54) is 12.2 Å². The number of carbonyl (C=O) groups excluding carboxylic acids is 4. The van der Waals surface area contributed by atoms with Gasteiger partial charge in [-0.2, -0.15) is 0 Å². The first kappa shape index (κ1) is 42.8. The second kappa shape index (κ2) is 21.8. The summed E-state index contributed by atoms with van der Waals surface area (Å²) in [6.07, 6.45) is 9.36. The van der Waals surface area contributed by atoms with Crippen molar-refractivity contribution < 1.29 is 29.4 Å². The summed E-state index contributed by atoms with van der Waals surface area (Å²) in [4.78, 5) is 61.7. The number of hydrogen-bond acceptors (Lipinski definition) is 8. The van der Waals surface area contributed by atoms with Gasteiger partial charge >= 0.3 is 0 Å². The van der Waals surface area contributed by atoms with Crippen molar-refractivity contribution in [1.29, 1.82) is 0 Å². The molecule has 0 saturated carbocycles. The maximum atomic E-state index is 13.9. The molecule has 0 aliphatic heterocycles. The van der Waals surface area contributed by atoms with E-state index in [0.717, 1.165) is 11.1 Å². The summed E-state index contributed by atoms with van der Waals surface area (Å²) >= 11 is 0. The average Bonchev–Trinajstić information content (AvgIpc) is 3.20. The molecule has 0 radical (unpaired) electrons. The Bertz CT molecular complexity index is 1750. The maximum Gasteiger partial charge on any atom is 0.244 e. The Morgan fingerprint density at radius 2 is 0.929 bits per heavy atom. The van der Waals surface area contributed by atoms with Crippen LogP contribution in [0.5, 0.6) is 0 Å². The molecule has 0 bridgehead atoms. The number of pyridine rings is 2. The molecule has 4 rings (SSSR count). The van der Waals surface area contributed by atoms with Crippen LogP contribution < -0.4 is 21.3 Å². The average molecular weight is 761 g/mol. The van der Waals surface area contributed by atoms with Crippen LogP contribution in [-0.4, -0.2) is 80.2 Å². The summed E-state index contributed by atoms with van der Waals surface area (Å²) in [7, 11) is 0. The van der Waals surface area contributed by atoms with Gasteiger partial charge in [-0.1, -0.05) is 100 Å². The number of carbonyl (C=O) groups is 4. The van der Waals surface area contributed by atoms with Crippen molar-refractivity contribution in [3.05, 3.63) is 144 Å². The Morgan fingerprint density at radius 1 is 0.554 bits per heavy atom. The molecule has 0 fully saturated rings. The van der Waals surface area contributed by atoms with Gasteiger partial charge in [0.05, 0.1) is 12.1 Å². The molecule has 56 heavy (non-hydrogen) atoms. The highest BCUT2D eigenvalue weighted by Gasteiger charge is 2.37. The van der Waals surface area contributed by atoms with Gasteiger partial charge in [0.2, 0.25) is 23.6 Å². The molecule has 12 heteroatoms. The molecule has 294 valence electrons. The molecule has 4 amide bonds. The third-order valence-electron chi connectivity index (χ3n) is 9.14. The lowest BCUT2D eigenvalue weighted by molar-refractivity contribution is -0.131. The van der Waals surface area contributed by atoms with Crippen molar-refractivity contribution in [2.24, 2.45) is 11.8 Å². The lowest BCUT2D eigenvalue weighted by Gasteiger charge is -2.35. The van der Waals surface area contributed by atoms with Crippen molar-refractivity contribution in [2.45, 2.75) is 76.9 Å². The van der Waals surface area contributed by atoms with Crippen molar-refractivity contribution in [1.82, 2.24) is 31.2 Å². The largest absolute Gasteiger partial charge is 0.388 e. The van der Waals surface area contributed by atoms with Gasteiger partial charge in [-0.3, -0.25) is 29.1 Å². The van der Waals surface area contributed by atoms with Crippen LogP contribution in [0.15, 0.2) is 122 Å². The van der Waals surface area contributed by atoms with Crippen LogP contribution in [0.3, 0.4) is 0 Å². The van der Waals surface area contributed by atoms with Crippen LogP contribution >= 0.6 is 0 Å². The number of nitrogens with one attached hydrogen (secondary N) is 4. The van der Waals surface area contributed by atoms with E-state index in [2.05, 4.69) is 31.2 Å². The summed E-state index contributed by atoms with van der Waals surface area (Å²) in [5, 5.41) is 35.2. The van der Waals surface area contributed by atoms with Gasteiger partial charge in [-0.15, -0.1) is 0 Å². The van der Waals surface area contributed by atoms with Crippen molar-refractivity contribution in [2.75, 3.05) is 0 Å². The Morgan fingerprint density at radius 3 is 1.25 bits per heavy atom. The highest BCUT2D eigenvalue weighted by atomic mass is 16.3. The molecule has 4 aromatic rings. The summed E-state index contributed by atoms with van der Waals surface area (Å²) in [5.74, 6) is -2.77. The number of benzene rings is 2. The SMILES string of the molecule is CC(C)[C@H](NC(=O)C=Cc1cccnc1)C(=O)N[C@@H](Cc1ccccc1)[C@@H](O)[C@H](O)[C@H](Cc1ccccc1)NC(=O)[C@@H](NC(=O)C=Cc1cccnc1)C(C)C. The van der Waals surface area contributed by atoms with Crippen LogP contribution in [0, 0.1) is 11.8 Å². The number of nitrogens with zero attached hydrogens (tertiary/aromatic N) is 2. The minimum atomic E-state index is -1.59. The van der Waals surface area contributed by atoms with E-state index in [4.69, 9.17) is 0 Å². The number of aromatic nitrogens is 2. The smallest absolute Gasteiger partial charge is 0.244 e. The lowest BCUT2D eigenvalue weighted by Crippen LogP contribution is -2.61. The van der Waals surface area contributed by atoms with Gasteiger partial charge in [-0.05, 0) is 71.2 Å². The fourth-order valence-corrected chi connectivity index (χ4v) is 6.04. The minimum Gasteiger partial charge on any atom is -0.388 e. The molecule has 0 aliphatic rings. The number of amides is 4. The highest BCUT2D eigenvalue weighted by molar-refractivity contribution is 5.96. The summed E-state index contributed by atoms with van der Waals surface area (Å²) < 4.78 is 0. The monoisotopic (exact) mass is 760 g/mol. The Kier molecular flexibility index (Phi) is 16.6. The number of aliphatic hydroxyl groups excluding tert-OH is 2. The van der Waals surface area contributed by atoms with Crippen molar-refractivity contribution in [3.63, 3.8) is 0 Å². The molecule has 6 N–H and O–H groups in total. The second-order valence-electron chi connectivity index (χ2n) is 14.3. The predicted molar refractivity (Wildman–Crippen MR) is 216 cm³/mol. The zero-order valence-electron chi connectivity index (χ0n) is 32.2. The molecule has 2 aromatic carbocycles. The van der Waals surface area contributed by atoms with Crippen molar-refractivity contribution >= 4 is 35.8 Å². The first-order valence-electron chi connectivity index (χ1n) is 18.7. The zero-order valence-corrected chi connectivity index (χ0v) is 32.2. The van der Waals surface area contributed by atoms with Gasteiger partial charge in [-0.25, -0.2) is 0 Å². The molecule has 2 aromatic heterocycles. The quantitative estimate of drug-likeness (QED) is 0.0784. The van der Waals surface area contributed by atoms with Crippen molar-refractivity contribution in [3.8, 4) is 0 Å². The first-order valence-corrected chi connectivity index (χ1v) is 18.7. The number of rotatable bonds is 19. The molecule has 0 unspecified atom stereocenters. The molecule has 0 spiro atoms. The molecule has 0 saturated heterocycles. The molecular weight excluding hydrogens is 709 g/mol.